The maximum atomic E-state index is 12.8. The van der Waals surface area contributed by atoms with Gasteiger partial charge in [-0.3, -0.25) is 14.9 Å². The standard InChI is InChI=1S/C23H28N2O3/c1-2-3-4-8-15-24-20(17-23(26)18-9-6-5-7-10-18)12-11-19-16-21(25(27)28)13-14-22(19)24/h5-7,9-10,13-14,16,20H,2-4,8,11-12,15,17H2,1H3. The summed E-state index contributed by atoms with van der Waals surface area (Å²) in [5, 5.41) is 11.1. The Bertz CT molecular complexity index is 820. The van der Waals surface area contributed by atoms with Gasteiger partial charge in [0, 0.05) is 42.4 Å². The van der Waals surface area contributed by atoms with Crippen molar-refractivity contribution in [1.29, 1.82) is 0 Å². The lowest BCUT2D eigenvalue weighted by Gasteiger charge is -2.39. The highest BCUT2D eigenvalue weighted by Gasteiger charge is 2.29. The first-order chi connectivity index (χ1) is 13.6. The Kier molecular flexibility index (Phi) is 6.80. The summed E-state index contributed by atoms with van der Waals surface area (Å²) in [6.07, 6.45) is 6.71. The van der Waals surface area contributed by atoms with E-state index >= 15 is 0 Å². The number of carbonyl (C=O) groups is 1. The van der Waals surface area contributed by atoms with E-state index in [2.05, 4.69) is 11.8 Å². The van der Waals surface area contributed by atoms with Gasteiger partial charge in [-0.05, 0) is 30.9 Å². The zero-order valence-corrected chi connectivity index (χ0v) is 16.5. The van der Waals surface area contributed by atoms with E-state index in [9.17, 15) is 14.9 Å². The van der Waals surface area contributed by atoms with Crippen LogP contribution in [0, 0.1) is 10.1 Å². The fraction of sp³-hybridized carbons (Fsp3) is 0.435. The number of ketones is 1. The zero-order valence-electron chi connectivity index (χ0n) is 16.5. The van der Waals surface area contributed by atoms with Crippen LogP contribution in [0.5, 0.6) is 0 Å². The van der Waals surface area contributed by atoms with Gasteiger partial charge >= 0.3 is 0 Å². The highest BCUT2D eigenvalue weighted by atomic mass is 16.6. The molecule has 1 heterocycles. The Morgan fingerprint density at radius 3 is 2.64 bits per heavy atom. The summed E-state index contributed by atoms with van der Waals surface area (Å²) in [6, 6.07) is 14.7. The maximum Gasteiger partial charge on any atom is 0.269 e. The molecule has 3 rings (SSSR count). The lowest BCUT2D eigenvalue weighted by atomic mass is 9.90. The molecule has 0 radical (unpaired) electrons. The minimum Gasteiger partial charge on any atom is -0.368 e. The van der Waals surface area contributed by atoms with E-state index in [0.717, 1.165) is 49.0 Å². The van der Waals surface area contributed by atoms with Gasteiger partial charge in [0.15, 0.2) is 5.78 Å². The van der Waals surface area contributed by atoms with Crippen LogP contribution < -0.4 is 4.90 Å². The molecule has 0 bridgehead atoms. The van der Waals surface area contributed by atoms with Crippen LogP contribution in [0.2, 0.25) is 0 Å². The summed E-state index contributed by atoms with van der Waals surface area (Å²) in [6.45, 7) is 3.08. The maximum absolute atomic E-state index is 12.8. The van der Waals surface area contributed by atoms with Gasteiger partial charge in [0.25, 0.3) is 5.69 Å². The predicted octanol–water partition coefficient (Wildman–Crippen LogP) is 5.57. The van der Waals surface area contributed by atoms with E-state index in [1.165, 1.54) is 12.8 Å². The highest BCUT2D eigenvalue weighted by Crippen LogP contribution is 2.35. The molecule has 0 N–H and O–H groups in total. The van der Waals surface area contributed by atoms with Crippen molar-refractivity contribution in [1.82, 2.24) is 0 Å². The molecular weight excluding hydrogens is 352 g/mol. The van der Waals surface area contributed by atoms with Crippen molar-refractivity contribution in [2.45, 2.75) is 57.9 Å². The number of nitrogens with zero attached hydrogens (tertiary/aromatic N) is 2. The normalized spacial score (nSPS) is 15.9. The molecule has 0 fully saturated rings. The van der Waals surface area contributed by atoms with Crippen molar-refractivity contribution in [2.24, 2.45) is 0 Å². The van der Waals surface area contributed by atoms with Crippen LogP contribution in [0.1, 0.15) is 61.4 Å². The molecule has 0 saturated carbocycles. The third-order valence-electron chi connectivity index (χ3n) is 5.54. The van der Waals surface area contributed by atoms with E-state index in [1.807, 2.05) is 36.4 Å². The molecular formula is C23H28N2O3. The van der Waals surface area contributed by atoms with Crippen molar-refractivity contribution in [3.05, 3.63) is 69.8 Å². The largest absolute Gasteiger partial charge is 0.368 e. The quantitative estimate of drug-likeness (QED) is 0.247. The topological polar surface area (TPSA) is 63.4 Å². The van der Waals surface area contributed by atoms with E-state index in [-0.39, 0.29) is 22.4 Å². The summed E-state index contributed by atoms with van der Waals surface area (Å²) in [4.78, 5) is 25.9. The minimum atomic E-state index is -0.336. The Morgan fingerprint density at radius 2 is 1.93 bits per heavy atom. The number of carbonyl (C=O) groups excluding carboxylic acids is 1. The number of unbranched alkanes of at least 4 members (excludes halogenated alkanes) is 3. The third-order valence-corrected chi connectivity index (χ3v) is 5.54. The average molecular weight is 380 g/mol. The van der Waals surface area contributed by atoms with Crippen LogP contribution in [-0.4, -0.2) is 23.3 Å². The van der Waals surface area contributed by atoms with E-state index in [0.29, 0.717) is 6.42 Å². The second-order valence-corrected chi connectivity index (χ2v) is 7.51. The summed E-state index contributed by atoms with van der Waals surface area (Å²) in [7, 11) is 0. The van der Waals surface area contributed by atoms with Gasteiger partial charge in [0.2, 0.25) is 0 Å². The van der Waals surface area contributed by atoms with Crippen molar-refractivity contribution in [2.75, 3.05) is 11.4 Å². The molecule has 5 heteroatoms. The van der Waals surface area contributed by atoms with Crippen molar-refractivity contribution in [3.8, 4) is 0 Å². The molecule has 2 aromatic carbocycles. The highest BCUT2D eigenvalue weighted by molar-refractivity contribution is 5.96. The summed E-state index contributed by atoms with van der Waals surface area (Å²) in [5.41, 5.74) is 2.97. The van der Waals surface area contributed by atoms with E-state index < -0.39 is 0 Å². The number of hydrogen-bond donors (Lipinski definition) is 0. The number of benzene rings is 2. The smallest absolute Gasteiger partial charge is 0.269 e. The minimum absolute atomic E-state index is 0.142. The Balaban J connectivity index is 1.80. The fourth-order valence-corrected chi connectivity index (χ4v) is 4.02. The van der Waals surface area contributed by atoms with Crippen LogP contribution in [0.15, 0.2) is 48.5 Å². The molecule has 0 aromatic heterocycles. The van der Waals surface area contributed by atoms with Gasteiger partial charge in [0.05, 0.1) is 4.92 Å². The van der Waals surface area contributed by atoms with Gasteiger partial charge < -0.3 is 4.90 Å². The van der Waals surface area contributed by atoms with Crippen LogP contribution in [0.25, 0.3) is 0 Å². The number of aryl methyl sites for hydroxylation is 1. The number of anilines is 1. The lowest BCUT2D eigenvalue weighted by Crippen LogP contribution is -2.41. The predicted molar refractivity (Wildman–Crippen MR) is 112 cm³/mol. The van der Waals surface area contributed by atoms with Crippen molar-refractivity contribution >= 4 is 17.2 Å². The number of non-ortho nitro benzene ring substituents is 1. The molecule has 1 atom stereocenters. The molecule has 1 unspecified atom stereocenters. The second kappa shape index (κ2) is 9.49. The third kappa shape index (κ3) is 4.77. The zero-order chi connectivity index (χ0) is 19.9. The monoisotopic (exact) mass is 380 g/mol. The van der Waals surface area contributed by atoms with Crippen molar-refractivity contribution in [3.63, 3.8) is 0 Å². The number of Topliss-reactive ketones (excluding diaryl/α,β-unsaturated/α-hetero) is 1. The number of fused-ring (bicyclic) bond motifs is 1. The average Bonchev–Trinajstić information content (AvgIpc) is 2.72. The van der Waals surface area contributed by atoms with Gasteiger partial charge in [-0.25, -0.2) is 0 Å². The first-order valence-corrected chi connectivity index (χ1v) is 10.2. The second-order valence-electron chi connectivity index (χ2n) is 7.51. The molecule has 0 aliphatic carbocycles. The molecule has 5 nitrogen and oxygen atoms in total. The van der Waals surface area contributed by atoms with Crippen LogP contribution >= 0.6 is 0 Å². The SMILES string of the molecule is CCCCCCN1c2ccc([N+](=O)[O-])cc2CCC1CC(=O)c1ccccc1. The number of rotatable bonds is 9. The molecule has 1 aliphatic heterocycles. The Labute approximate surface area is 166 Å². The molecule has 0 amide bonds. The van der Waals surface area contributed by atoms with Gasteiger partial charge in [-0.15, -0.1) is 0 Å². The molecule has 28 heavy (non-hydrogen) atoms. The summed E-state index contributed by atoms with van der Waals surface area (Å²) in [5.74, 6) is 0.162. The first-order valence-electron chi connectivity index (χ1n) is 10.2. The van der Waals surface area contributed by atoms with Gasteiger partial charge in [-0.2, -0.15) is 0 Å². The Morgan fingerprint density at radius 1 is 1.14 bits per heavy atom. The number of hydrogen-bond acceptors (Lipinski definition) is 4. The van der Waals surface area contributed by atoms with Gasteiger partial charge in [0.1, 0.15) is 0 Å². The summed E-state index contributed by atoms with van der Waals surface area (Å²) >= 11 is 0. The molecule has 148 valence electrons. The summed E-state index contributed by atoms with van der Waals surface area (Å²) < 4.78 is 0. The van der Waals surface area contributed by atoms with Crippen LogP contribution in [-0.2, 0) is 6.42 Å². The van der Waals surface area contributed by atoms with Crippen molar-refractivity contribution < 1.29 is 9.72 Å². The number of nitro groups is 1. The fourth-order valence-electron chi connectivity index (χ4n) is 4.02. The molecule has 0 spiro atoms. The van der Waals surface area contributed by atoms with Crippen LogP contribution in [0.3, 0.4) is 0 Å². The molecule has 1 aliphatic rings. The van der Waals surface area contributed by atoms with E-state index in [1.54, 1.807) is 12.1 Å². The number of nitro benzene ring substituents is 1. The van der Waals surface area contributed by atoms with Crippen LogP contribution in [0.4, 0.5) is 11.4 Å². The van der Waals surface area contributed by atoms with E-state index in [4.69, 9.17) is 0 Å². The first kappa shape index (κ1) is 20.1. The Hall–Kier alpha value is -2.69. The van der Waals surface area contributed by atoms with Gasteiger partial charge in [-0.1, -0.05) is 56.5 Å². The molecule has 2 aromatic rings. The lowest BCUT2D eigenvalue weighted by molar-refractivity contribution is -0.384. The molecule has 0 saturated heterocycles.